The highest BCUT2D eigenvalue weighted by atomic mass is 35.5. The molecule has 8 nitrogen and oxygen atoms in total. The van der Waals surface area contributed by atoms with Crippen molar-refractivity contribution >= 4 is 29.1 Å². The maximum absolute atomic E-state index is 13.3. The molecule has 0 radical (unpaired) electrons. The molecule has 10 heteroatoms. The number of aromatic amines is 1. The molecule has 0 unspecified atom stereocenters. The molecule has 2 aromatic heterocycles. The number of hydrogen-bond acceptors (Lipinski definition) is 5. The third kappa shape index (κ3) is 4.29. The first-order valence-electron chi connectivity index (χ1n) is 9.97. The number of rotatable bonds is 5. The number of nitrogens with zero attached hydrogens (tertiary/aromatic N) is 3. The molecule has 1 aromatic carbocycles. The summed E-state index contributed by atoms with van der Waals surface area (Å²) in [5.74, 6) is -0.955. The van der Waals surface area contributed by atoms with Gasteiger partial charge in [0.25, 0.3) is 5.91 Å². The van der Waals surface area contributed by atoms with Crippen LogP contribution in [-0.2, 0) is 4.79 Å². The Labute approximate surface area is 188 Å². The summed E-state index contributed by atoms with van der Waals surface area (Å²) in [7, 11) is 1.52. The van der Waals surface area contributed by atoms with Crippen molar-refractivity contribution in [1.29, 1.82) is 0 Å². The molecule has 3 heterocycles. The van der Waals surface area contributed by atoms with E-state index < -0.39 is 5.82 Å². The van der Waals surface area contributed by atoms with Crippen LogP contribution in [0.1, 0.15) is 22.6 Å². The van der Waals surface area contributed by atoms with Crippen LogP contribution >= 0.6 is 11.6 Å². The van der Waals surface area contributed by atoms with E-state index >= 15 is 0 Å². The lowest BCUT2D eigenvalue weighted by Crippen LogP contribution is -2.31. The van der Waals surface area contributed by atoms with Crippen LogP contribution in [0.15, 0.2) is 36.7 Å². The number of amides is 2. The summed E-state index contributed by atoms with van der Waals surface area (Å²) in [6, 6.07) is 7.47. The molecule has 2 N–H and O–H groups in total. The molecule has 0 bridgehead atoms. The lowest BCUT2D eigenvalue weighted by atomic mass is 10.1. The normalized spacial score (nSPS) is 15.6. The Kier molecular flexibility index (Phi) is 6.09. The van der Waals surface area contributed by atoms with Gasteiger partial charge >= 0.3 is 0 Å². The van der Waals surface area contributed by atoms with Gasteiger partial charge in [-0.25, -0.2) is 14.4 Å². The van der Waals surface area contributed by atoms with Gasteiger partial charge in [0.15, 0.2) is 0 Å². The molecule has 0 aliphatic carbocycles. The van der Waals surface area contributed by atoms with Crippen molar-refractivity contribution in [2.75, 3.05) is 25.5 Å². The smallest absolute Gasteiger partial charge is 0.270 e. The lowest BCUT2D eigenvalue weighted by Gasteiger charge is -2.16. The van der Waals surface area contributed by atoms with Crippen LogP contribution in [-0.4, -0.2) is 51.9 Å². The zero-order valence-corrected chi connectivity index (χ0v) is 18.2. The highest BCUT2D eigenvalue weighted by Gasteiger charge is 2.32. The third-order valence-corrected chi connectivity index (χ3v) is 5.70. The summed E-state index contributed by atoms with van der Waals surface area (Å²) in [6.07, 6.45) is 1.95. The number of carbonyl (C=O) groups is 2. The Morgan fingerprint density at radius 3 is 2.84 bits per heavy atom. The van der Waals surface area contributed by atoms with Crippen LogP contribution in [0.3, 0.4) is 0 Å². The molecule has 1 aliphatic heterocycles. The van der Waals surface area contributed by atoms with Crippen molar-refractivity contribution < 1.29 is 18.7 Å². The Morgan fingerprint density at radius 1 is 1.28 bits per heavy atom. The molecule has 1 fully saturated rings. The number of nitrogens with one attached hydrogen (secondary N) is 2. The first-order valence-corrected chi connectivity index (χ1v) is 10.4. The second-order valence-electron chi connectivity index (χ2n) is 7.48. The van der Waals surface area contributed by atoms with E-state index in [-0.39, 0.29) is 29.3 Å². The van der Waals surface area contributed by atoms with Crippen LogP contribution in [0.5, 0.6) is 5.88 Å². The minimum absolute atomic E-state index is 0.0655. The predicted octanol–water partition coefficient (Wildman–Crippen LogP) is 3.68. The van der Waals surface area contributed by atoms with E-state index in [0.717, 1.165) is 5.69 Å². The van der Waals surface area contributed by atoms with Crippen molar-refractivity contribution in [2.45, 2.75) is 13.3 Å². The summed E-state index contributed by atoms with van der Waals surface area (Å²) >= 11 is 5.77. The predicted molar refractivity (Wildman–Crippen MR) is 117 cm³/mol. The Hall–Kier alpha value is -3.46. The number of ether oxygens (including phenoxy) is 1. The molecule has 3 aromatic rings. The summed E-state index contributed by atoms with van der Waals surface area (Å²) in [4.78, 5) is 38.6. The van der Waals surface area contributed by atoms with Gasteiger partial charge in [-0.3, -0.25) is 9.59 Å². The van der Waals surface area contributed by atoms with Crippen molar-refractivity contribution in [3.05, 3.63) is 58.9 Å². The zero-order chi connectivity index (χ0) is 22.8. The van der Waals surface area contributed by atoms with Crippen LogP contribution in [0, 0.1) is 18.7 Å². The molecule has 1 aliphatic rings. The number of methoxy groups -OCH3 is 1. The monoisotopic (exact) mass is 457 g/mol. The number of likely N-dealkylation sites (tertiary alicyclic amines) is 1. The molecule has 32 heavy (non-hydrogen) atoms. The van der Waals surface area contributed by atoms with Crippen LogP contribution in [0.2, 0.25) is 5.02 Å². The number of H-pyrrole nitrogens is 1. The van der Waals surface area contributed by atoms with Crippen LogP contribution in [0.25, 0.3) is 11.3 Å². The third-order valence-electron chi connectivity index (χ3n) is 5.41. The van der Waals surface area contributed by atoms with Crippen molar-refractivity contribution in [3.63, 3.8) is 0 Å². The summed E-state index contributed by atoms with van der Waals surface area (Å²) in [5.41, 5.74) is 2.89. The van der Waals surface area contributed by atoms with Crippen molar-refractivity contribution in [3.8, 4) is 17.1 Å². The topological polar surface area (TPSA) is 100 Å². The van der Waals surface area contributed by atoms with Crippen LogP contribution in [0.4, 0.5) is 10.1 Å². The first kappa shape index (κ1) is 21.8. The molecular weight excluding hydrogens is 437 g/mol. The van der Waals surface area contributed by atoms with Crippen LogP contribution < -0.4 is 10.1 Å². The van der Waals surface area contributed by atoms with E-state index in [1.807, 2.05) is 6.92 Å². The van der Waals surface area contributed by atoms with E-state index in [1.54, 1.807) is 17.0 Å². The number of hydrogen-bond donors (Lipinski definition) is 2. The molecule has 0 spiro atoms. The summed E-state index contributed by atoms with van der Waals surface area (Å²) in [5, 5.41) is 2.67. The molecule has 0 saturated carbocycles. The van der Waals surface area contributed by atoms with E-state index in [4.69, 9.17) is 16.3 Å². The lowest BCUT2D eigenvalue weighted by molar-refractivity contribution is -0.119. The van der Waals surface area contributed by atoms with Gasteiger partial charge in [-0.15, -0.1) is 0 Å². The van der Waals surface area contributed by atoms with E-state index in [0.29, 0.717) is 41.5 Å². The van der Waals surface area contributed by atoms with Gasteiger partial charge in [-0.05, 0) is 43.7 Å². The highest BCUT2D eigenvalue weighted by Crippen LogP contribution is 2.30. The van der Waals surface area contributed by atoms with E-state index in [2.05, 4.69) is 20.3 Å². The first-order chi connectivity index (χ1) is 15.4. The Morgan fingerprint density at radius 2 is 2.09 bits per heavy atom. The second-order valence-corrected chi connectivity index (χ2v) is 7.89. The zero-order valence-electron chi connectivity index (χ0n) is 17.5. The number of aromatic nitrogens is 3. The van der Waals surface area contributed by atoms with Crippen molar-refractivity contribution in [1.82, 2.24) is 19.9 Å². The molecule has 166 valence electrons. The van der Waals surface area contributed by atoms with E-state index in [1.165, 1.54) is 31.6 Å². The van der Waals surface area contributed by atoms with Gasteiger partial charge in [-0.1, -0.05) is 11.6 Å². The summed E-state index contributed by atoms with van der Waals surface area (Å²) < 4.78 is 18.6. The van der Waals surface area contributed by atoms with Gasteiger partial charge in [0.1, 0.15) is 17.8 Å². The fraction of sp³-hybridized carbons (Fsp3) is 0.273. The maximum Gasteiger partial charge on any atom is 0.270 e. The van der Waals surface area contributed by atoms with Gasteiger partial charge < -0.3 is 19.9 Å². The fourth-order valence-electron chi connectivity index (χ4n) is 3.73. The SMILES string of the molecule is COc1ncnc(C)c1-c1ccc(C(=O)N2CC[C@H](C(=O)Nc3ccc(F)c(Cl)c3)C2)[nH]1. The second kappa shape index (κ2) is 8.96. The highest BCUT2D eigenvalue weighted by molar-refractivity contribution is 6.31. The molecule has 4 rings (SSSR count). The average molecular weight is 458 g/mol. The van der Waals surface area contributed by atoms with Gasteiger partial charge in [-0.2, -0.15) is 0 Å². The van der Waals surface area contributed by atoms with Crippen molar-refractivity contribution in [2.24, 2.45) is 5.92 Å². The number of halogens is 2. The van der Waals surface area contributed by atoms with Gasteiger partial charge in [0.05, 0.1) is 35.0 Å². The van der Waals surface area contributed by atoms with E-state index in [9.17, 15) is 14.0 Å². The minimum atomic E-state index is -0.553. The number of benzene rings is 1. The quantitative estimate of drug-likeness (QED) is 0.608. The minimum Gasteiger partial charge on any atom is -0.480 e. The van der Waals surface area contributed by atoms with Gasteiger partial charge in [0.2, 0.25) is 11.8 Å². The number of anilines is 1. The Balaban J connectivity index is 1.43. The maximum atomic E-state index is 13.3. The molecule has 1 saturated heterocycles. The number of aryl methyl sites for hydroxylation is 1. The standard InChI is InChI=1S/C22H21ClFN5O3/c1-12-19(21(32-2)26-11-25-12)17-5-6-18(28-17)22(31)29-8-7-13(10-29)20(30)27-14-3-4-16(24)15(23)9-14/h3-6,9,11,13,28H,7-8,10H2,1-2H3,(H,27,30)/t13-/m0/s1. The molecule has 1 atom stereocenters. The fourth-order valence-corrected chi connectivity index (χ4v) is 3.91. The number of carbonyl (C=O) groups excluding carboxylic acids is 2. The molecule has 2 amide bonds. The van der Waals surface area contributed by atoms with Gasteiger partial charge in [0, 0.05) is 18.8 Å². The average Bonchev–Trinajstić information content (AvgIpc) is 3.46. The summed E-state index contributed by atoms with van der Waals surface area (Å²) in [6.45, 7) is 2.57. The largest absolute Gasteiger partial charge is 0.480 e. The Bertz CT molecular complexity index is 1180. The molecular formula is C22H21ClFN5O3.